The predicted molar refractivity (Wildman–Crippen MR) is 65.1 cm³/mol. The summed E-state index contributed by atoms with van der Waals surface area (Å²) in [5, 5.41) is 3.23. The van der Waals surface area contributed by atoms with Crippen LogP contribution >= 0.6 is 11.6 Å². The molecule has 1 saturated carbocycles. The van der Waals surface area contributed by atoms with Crippen molar-refractivity contribution in [2.45, 2.75) is 25.8 Å². The summed E-state index contributed by atoms with van der Waals surface area (Å²) >= 11 is 5.74. The summed E-state index contributed by atoms with van der Waals surface area (Å²) in [4.78, 5) is 0. The molecule has 0 spiro atoms. The fraction of sp³-hybridized carbons (Fsp3) is 0.538. The fourth-order valence-electron chi connectivity index (χ4n) is 2.02. The van der Waals surface area contributed by atoms with Gasteiger partial charge in [0.2, 0.25) is 0 Å². The molecule has 0 aliphatic heterocycles. The van der Waals surface area contributed by atoms with E-state index >= 15 is 0 Å². The summed E-state index contributed by atoms with van der Waals surface area (Å²) in [6.45, 7) is 1.30. The predicted octanol–water partition coefficient (Wildman–Crippen LogP) is 3.46. The van der Waals surface area contributed by atoms with Crippen molar-refractivity contribution in [3.63, 3.8) is 0 Å². The minimum atomic E-state index is -0.535. The lowest BCUT2D eigenvalue weighted by molar-refractivity contribution is 0.441. The molecule has 0 radical (unpaired) electrons. The van der Waals surface area contributed by atoms with Crippen LogP contribution in [0.1, 0.15) is 24.8 Å². The molecule has 17 heavy (non-hydrogen) atoms. The normalized spacial score (nSPS) is 17.1. The maximum atomic E-state index is 13.3. The van der Waals surface area contributed by atoms with E-state index in [4.69, 9.17) is 11.6 Å². The van der Waals surface area contributed by atoms with Gasteiger partial charge < -0.3 is 5.32 Å². The van der Waals surface area contributed by atoms with Crippen LogP contribution in [-0.2, 0) is 6.54 Å². The lowest BCUT2D eigenvalue weighted by Gasteiger charge is -2.14. The smallest absolute Gasteiger partial charge is 0.130 e. The van der Waals surface area contributed by atoms with E-state index in [1.807, 2.05) is 0 Å². The zero-order valence-electron chi connectivity index (χ0n) is 9.61. The van der Waals surface area contributed by atoms with Crippen molar-refractivity contribution in [3.8, 4) is 0 Å². The van der Waals surface area contributed by atoms with Crippen LogP contribution < -0.4 is 5.32 Å². The van der Waals surface area contributed by atoms with Gasteiger partial charge in [-0.25, -0.2) is 8.78 Å². The first-order chi connectivity index (χ1) is 8.15. The minimum absolute atomic E-state index is 0.332. The third kappa shape index (κ3) is 3.39. The van der Waals surface area contributed by atoms with Gasteiger partial charge in [0.25, 0.3) is 0 Å². The maximum Gasteiger partial charge on any atom is 0.130 e. The molecule has 1 aliphatic carbocycles. The third-order valence-electron chi connectivity index (χ3n) is 3.41. The Hall–Kier alpha value is -0.670. The van der Waals surface area contributed by atoms with Gasteiger partial charge in [0, 0.05) is 30.6 Å². The number of rotatable bonds is 6. The first kappa shape index (κ1) is 12.8. The summed E-state index contributed by atoms with van der Waals surface area (Å²) in [6, 6.07) is 3.69. The maximum absolute atomic E-state index is 13.3. The number of nitrogens with one attached hydrogen (secondary N) is 1. The van der Waals surface area contributed by atoms with Gasteiger partial charge >= 0.3 is 0 Å². The summed E-state index contributed by atoms with van der Waals surface area (Å²) in [5.74, 6) is -0.348. The Kier molecular flexibility index (Phi) is 4.00. The zero-order chi connectivity index (χ0) is 12.3. The average molecular weight is 260 g/mol. The third-order valence-corrected chi connectivity index (χ3v) is 3.60. The van der Waals surface area contributed by atoms with Crippen LogP contribution in [0.25, 0.3) is 0 Å². The molecular formula is C13H16ClF2N. The topological polar surface area (TPSA) is 12.0 Å². The fourth-order valence-corrected chi connectivity index (χ4v) is 2.42. The lowest BCUT2D eigenvalue weighted by atomic mass is 10.0. The van der Waals surface area contributed by atoms with Crippen LogP contribution in [0.15, 0.2) is 18.2 Å². The molecule has 0 saturated heterocycles. The van der Waals surface area contributed by atoms with E-state index in [1.54, 1.807) is 0 Å². The van der Waals surface area contributed by atoms with Gasteiger partial charge in [0.15, 0.2) is 0 Å². The number of alkyl halides is 1. The summed E-state index contributed by atoms with van der Waals surface area (Å²) < 4.78 is 26.0. The molecule has 0 heterocycles. The minimum Gasteiger partial charge on any atom is -0.312 e. The van der Waals surface area contributed by atoms with Gasteiger partial charge in [-0.15, -0.1) is 11.6 Å². The molecule has 1 nitrogen and oxygen atoms in total. The molecule has 1 aromatic carbocycles. The average Bonchev–Trinajstić information content (AvgIpc) is 3.02. The monoisotopic (exact) mass is 259 g/mol. The Balaban J connectivity index is 1.82. The second-order valence-electron chi connectivity index (χ2n) is 4.78. The Labute approximate surface area is 105 Å². The molecule has 0 aromatic heterocycles. The van der Waals surface area contributed by atoms with Gasteiger partial charge in [-0.2, -0.15) is 0 Å². The van der Waals surface area contributed by atoms with E-state index in [0.29, 0.717) is 23.4 Å². The first-order valence-corrected chi connectivity index (χ1v) is 6.39. The molecule has 0 amide bonds. The summed E-state index contributed by atoms with van der Waals surface area (Å²) in [5.41, 5.74) is 0.839. The summed E-state index contributed by atoms with van der Waals surface area (Å²) in [7, 11) is 0. The Morgan fingerprint density at radius 2 is 2.06 bits per heavy atom. The highest BCUT2D eigenvalue weighted by Crippen LogP contribution is 2.48. The van der Waals surface area contributed by atoms with Crippen molar-refractivity contribution >= 4 is 11.6 Å². The quantitative estimate of drug-likeness (QED) is 0.772. The van der Waals surface area contributed by atoms with E-state index < -0.39 is 11.6 Å². The standard InChI is InChI=1S/C13H16ClF2N/c14-6-5-13(3-4-13)9-17-8-10-1-2-11(15)7-12(10)16/h1-2,7,17H,3-6,8-9H2. The Bertz CT molecular complexity index is 391. The first-order valence-electron chi connectivity index (χ1n) is 5.86. The van der Waals surface area contributed by atoms with Crippen LogP contribution in [0.5, 0.6) is 0 Å². The second-order valence-corrected chi connectivity index (χ2v) is 5.16. The van der Waals surface area contributed by atoms with Gasteiger partial charge in [0.05, 0.1) is 0 Å². The molecule has 2 rings (SSSR count). The lowest BCUT2D eigenvalue weighted by Crippen LogP contribution is -2.24. The van der Waals surface area contributed by atoms with Gasteiger partial charge in [-0.3, -0.25) is 0 Å². The second kappa shape index (κ2) is 5.32. The molecule has 0 atom stereocenters. The van der Waals surface area contributed by atoms with Crippen LogP contribution in [0, 0.1) is 17.0 Å². The van der Waals surface area contributed by atoms with Crippen LogP contribution in [0.2, 0.25) is 0 Å². The molecule has 1 aliphatic rings. The Morgan fingerprint density at radius 3 is 2.65 bits per heavy atom. The largest absolute Gasteiger partial charge is 0.312 e. The van der Waals surface area contributed by atoms with E-state index in [-0.39, 0.29) is 0 Å². The molecule has 1 N–H and O–H groups in total. The van der Waals surface area contributed by atoms with Gasteiger partial charge in [-0.1, -0.05) is 6.07 Å². The molecule has 4 heteroatoms. The molecular weight excluding hydrogens is 244 g/mol. The van der Waals surface area contributed by atoms with Crippen molar-refractivity contribution in [1.29, 1.82) is 0 Å². The SMILES string of the molecule is Fc1ccc(CNCC2(CCCl)CC2)c(F)c1. The molecule has 0 bridgehead atoms. The van der Waals surface area contributed by atoms with Crippen molar-refractivity contribution in [2.75, 3.05) is 12.4 Å². The van der Waals surface area contributed by atoms with E-state index in [1.165, 1.54) is 25.0 Å². The van der Waals surface area contributed by atoms with E-state index in [0.717, 1.165) is 19.0 Å². The van der Waals surface area contributed by atoms with Crippen molar-refractivity contribution in [2.24, 2.45) is 5.41 Å². The van der Waals surface area contributed by atoms with Crippen LogP contribution in [0.4, 0.5) is 8.78 Å². The highest BCUT2D eigenvalue weighted by Gasteiger charge is 2.41. The van der Waals surface area contributed by atoms with Crippen molar-refractivity contribution < 1.29 is 8.78 Å². The zero-order valence-corrected chi connectivity index (χ0v) is 10.4. The van der Waals surface area contributed by atoms with Gasteiger partial charge in [0.1, 0.15) is 11.6 Å². The number of hydrogen-bond acceptors (Lipinski definition) is 1. The number of hydrogen-bond donors (Lipinski definition) is 1. The summed E-state index contributed by atoms with van der Waals surface area (Å²) in [6.07, 6.45) is 3.39. The van der Waals surface area contributed by atoms with Crippen molar-refractivity contribution in [1.82, 2.24) is 5.32 Å². The Morgan fingerprint density at radius 1 is 1.29 bits per heavy atom. The van der Waals surface area contributed by atoms with E-state index in [9.17, 15) is 8.78 Å². The van der Waals surface area contributed by atoms with E-state index in [2.05, 4.69) is 5.32 Å². The van der Waals surface area contributed by atoms with Crippen LogP contribution in [-0.4, -0.2) is 12.4 Å². The van der Waals surface area contributed by atoms with Crippen LogP contribution in [0.3, 0.4) is 0 Å². The molecule has 1 aromatic rings. The highest BCUT2D eigenvalue weighted by atomic mass is 35.5. The molecule has 94 valence electrons. The number of halogens is 3. The molecule has 1 fully saturated rings. The van der Waals surface area contributed by atoms with Crippen molar-refractivity contribution in [3.05, 3.63) is 35.4 Å². The molecule has 0 unspecified atom stereocenters. The highest BCUT2D eigenvalue weighted by molar-refractivity contribution is 6.17. The number of benzene rings is 1. The van der Waals surface area contributed by atoms with Gasteiger partial charge in [-0.05, 0) is 30.7 Å².